The number of sulfone groups is 1. The average molecular weight is 361 g/mol. The van der Waals surface area contributed by atoms with E-state index < -0.39 is 26.3 Å². The SMILES string of the molecule is O=C(c1ccc(S(=O)(=O)C(F)F)cc1)N1CCC2(CC1)OCCO2. The maximum Gasteiger partial charge on any atom is 0.341 e. The molecule has 2 saturated heterocycles. The van der Waals surface area contributed by atoms with Crippen LogP contribution >= 0.6 is 0 Å². The van der Waals surface area contributed by atoms with Crippen molar-refractivity contribution in [1.29, 1.82) is 0 Å². The number of carbonyl (C=O) groups is 1. The quantitative estimate of drug-likeness (QED) is 0.819. The lowest BCUT2D eigenvalue weighted by molar-refractivity contribution is -0.181. The molecule has 0 atom stereocenters. The van der Waals surface area contributed by atoms with Crippen molar-refractivity contribution in [3.63, 3.8) is 0 Å². The Morgan fingerprint density at radius 1 is 1.08 bits per heavy atom. The van der Waals surface area contributed by atoms with Crippen LogP contribution in [-0.4, -0.2) is 57.1 Å². The molecule has 6 nitrogen and oxygen atoms in total. The first-order chi connectivity index (χ1) is 11.3. The van der Waals surface area contributed by atoms with Gasteiger partial charge in [-0.15, -0.1) is 0 Å². The first kappa shape index (κ1) is 17.2. The second kappa shape index (κ2) is 6.38. The summed E-state index contributed by atoms with van der Waals surface area (Å²) in [4.78, 5) is 13.6. The Kier molecular flexibility index (Phi) is 4.58. The molecule has 2 fully saturated rings. The van der Waals surface area contributed by atoms with Crippen molar-refractivity contribution < 1.29 is 31.5 Å². The number of ether oxygens (including phenoxy) is 2. The van der Waals surface area contributed by atoms with Crippen LogP contribution in [0.2, 0.25) is 0 Å². The molecular formula is C15H17F2NO5S. The van der Waals surface area contributed by atoms with Crippen molar-refractivity contribution in [2.75, 3.05) is 26.3 Å². The summed E-state index contributed by atoms with van der Waals surface area (Å²) in [7, 11) is -4.65. The number of piperidine rings is 1. The molecular weight excluding hydrogens is 344 g/mol. The van der Waals surface area contributed by atoms with Crippen LogP contribution in [0.25, 0.3) is 0 Å². The van der Waals surface area contributed by atoms with Gasteiger partial charge in [-0.05, 0) is 24.3 Å². The summed E-state index contributed by atoms with van der Waals surface area (Å²) >= 11 is 0. The van der Waals surface area contributed by atoms with E-state index in [1.807, 2.05) is 0 Å². The Balaban J connectivity index is 1.68. The molecule has 0 bridgehead atoms. The van der Waals surface area contributed by atoms with Crippen LogP contribution < -0.4 is 0 Å². The predicted molar refractivity (Wildman–Crippen MR) is 79.4 cm³/mol. The predicted octanol–water partition coefficient (Wildman–Crippen LogP) is 1.66. The van der Waals surface area contributed by atoms with Gasteiger partial charge in [-0.3, -0.25) is 4.79 Å². The molecule has 0 aromatic heterocycles. The fraction of sp³-hybridized carbons (Fsp3) is 0.533. The number of carbonyl (C=O) groups excluding carboxylic acids is 1. The fourth-order valence-corrected chi connectivity index (χ4v) is 3.63. The van der Waals surface area contributed by atoms with Crippen LogP contribution in [0, 0.1) is 0 Å². The van der Waals surface area contributed by atoms with Gasteiger partial charge in [-0.2, -0.15) is 8.78 Å². The van der Waals surface area contributed by atoms with Gasteiger partial charge in [0.05, 0.1) is 18.1 Å². The molecule has 1 aromatic rings. The monoisotopic (exact) mass is 361 g/mol. The number of rotatable bonds is 3. The van der Waals surface area contributed by atoms with E-state index in [-0.39, 0.29) is 11.5 Å². The number of alkyl halides is 2. The minimum Gasteiger partial charge on any atom is -0.347 e. The Bertz CT molecular complexity index is 704. The molecule has 0 unspecified atom stereocenters. The number of likely N-dealkylation sites (tertiary alicyclic amines) is 1. The van der Waals surface area contributed by atoms with E-state index in [1.54, 1.807) is 4.90 Å². The van der Waals surface area contributed by atoms with E-state index in [0.29, 0.717) is 39.1 Å². The number of amides is 1. The molecule has 0 N–H and O–H groups in total. The number of halogens is 2. The Morgan fingerprint density at radius 2 is 1.62 bits per heavy atom. The Morgan fingerprint density at radius 3 is 2.12 bits per heavy atom. The zero-order chi connectivity index (χ0) is 17.4. The largest absolute Gasteiger partial charge is 0.347 e. The van der Waals surface area contributed by atoms with Gasteiger partial charge < -0.3 is 14.4 Å². The van der Waals surface area contributed by atoms with Gasteiger partial charge in [-0.1, -0.05) is 0 Å². The van der Waals surface area contributed by atoms with Gasteiger partial charge in [0.2, 0.25) is 9.84 Å². The third-order valence-corrected chi connectivity index (χ3v) is 5.69. The summed E-state index contributed by atoms with van der Waals surface area (Å²) in [5.41, 5.74) is 0.257. The van der Waals surface area contributed by atoms with E-state index in [4.69, 9.17) is 9.47 Å². The Labute approximate surface area is 138 Å². The van der Waals surface area contributed by atoms with Gasteiger partial charge in [0.1, 0.15) is 0 Å². The maximum absolute atomic E-state index is 12.5. The summed E-state index contributed by atoms with van der Waals surface area (Å²) in [5.74, 6) is -4.35. The molecule has 2 aliphatic heterocycles. The minimum atomic E-state index is -4.65. The van der Waals surface area contributed by atoms with Crippen LogP contribution in [0.3, 0.4) is 0 Å². The first-order valence-electron chi connectivity index (χ1n) is 7.53. The van der Waals surface area contributed by atoms with Crippen molar-refractivity contribution in [1.82, 2.24) is 4.90 Å². The summed E-state index contributed by atoms with van der Waals surface area (Å²) in [6.45, 7) is 2.01. The van der Waals surface area contributed by atoms with Crippen LogP contribution in [0.15, 0.2) is 29.2 Å². The molecule has 1 amide bonds. The molecule has 1 spiro atoms. The lowest BCUT2D eigenvalue weighted by atomic mass is 10.0. The highest BCUT2D eigenvalue weighted by Gasteiger charge is 2.40. The lowest BCUT2D eigenvalue weighted by Gasteiger charge is -2.37. The van der Waals surface area contributed by atoms with Gasteiger partial charge in [0.15, 0.2) is 5.79 Å². The summed E-state index contributed by atoms with van der Waals surface area (Å²) in [6.07, 6.45) is 1.13. The van der Waals surface area contributed by atoms with Crippen molar-refractivity contribution in [3.05, 3.63) is 29.8 Å². The van der Waals surface area contributed by atoms with E-state index in [1.165, 1.54) is 12.1 Å². The summed E-state index contributed by atoms with van der Waals surface area (Å²) < 4.78 is 59.0. The molecule has 9 heteroatoms. The molecule has 2 heterocycles. The summed E-state index contributed by atoms with van der Waals surface area (Å²) in [6, 6.07) is 4.57. The molecule has 3 rings (SSSR count). The standard InChI is InChI=1S/C15H17F2NO5S/c16-14(17)24(20,21)12-3-1-11(2-4-12)13(19)18-7-5-15(6-8-18)22-9-10-23-15/h1-4,14H,5-10H2. The molecule has 1 aromatic carbocycles. The van der Waals surface area contributed by atoms with Crippen molar-refractivity contribution in [2.24, 2.45) is 0 Å². The second-order valence-electron chi connectivity index (χ2n) is 5.73. The fourth-order valence-electron chi connectivity index (χ4n) is 2.91. The summed E-state index contributed by atoms with van der Waals surface area (Å²) in [5, 5.41) is 0. The number of nitrogens with zero attached hydrogens (tertiary/aromatic N) is 1. The zero-order valence-electron chi connectivity index (χ0n) is 12.8. The maximum atomic E-state index is 12.5. The van der Waals surface area contributed by atoms with E-state index in [9.17, 15) is 22.0 Å². The molecule has 0 saturated carbocycles. The molecule has 132 valence electrons. The number of benzene rings is 1. The van der Waals surface area contributed by atoms with Gasteiger partial charge >= 0.3 is 5.76 Å². The van der Waals surface area contributed by atoms with Gasteiger partial charge in [0, 0.05) is 31.5 Å². The molecule has 0 radical (unpaired) electrons. The minimum absolute atomic E-state index is 0.257. The average Bonchev–Trinajstić information content (AvgIpc) is 3.03. The van der Waals surface area contributed by atoms with E-state index >= 15 is 0 Å². The third-order valence-electron chi connectivity index (χ3n) is 4.29. The van der Waals surface area contributed by atoms with Gasteiger partial charge in [-0.25, -0.2) is 8.42 Å². The highest BCUT2D eigenvalue weighted by atomic mass is 32.2. The van der Waals surface area contributed by atoms with Crippen molar-refractivity contribution in [3.8, 4) is 0 Å². The van der Waals surface area contributed by atoms with Crippen LogP contribution in [0.5, 0.6) is 0 Å². The van der Waals surface area contributed by atoms with Crippen LogP contribution in [-0.2, 0) is 19.3 Å². The normalized spacial score (nSPS) is 20.7. The Hall–Kier alpha value is -1.58. The first-order valence-corrected chi connectivity index (χ1v) is 9.08. The number of hydrogen-bond donors (Lipinski definition) is 0. The smallest absolute Gasteiger partial charge is 0.341 e. The zero-order valence-corrected chi connectivity index (χ0v) is 13.6. The molecule has 0 aliphatic carbocycles. The molecule has 24 heavy (non-hydrogen) atoms. The van der Waals surface area contributed by atoms with Crippen LogP contribution in [0.4, 0.5) is 8.78 Å². The highest BCUT2D eigenvalue weighted by Crippen LogP contribution is 2.31. The third kappa shape index (κ3) is 3.15. The van der Waals surface area contributed by atoms with Crippen molar-refractivity contribution >= 4 is 15.7 Å². The van der Waals surface area contributed by atoms with E-state index in [0.717, 1.165) is 12.1 Å². The second-order valence-corrected chi connectivity index (χ2v) is 7.65. The van der Waals surface area contributed by atoms with Crippen molar-refractivity contribution in [2.45, 2.75) is 29.3 Å². The van der Waals surface area contributed by atoms with Gasteiger partial charge in [0.25, 0.3) is 5.91 Å². The highest BCUT2D eigenvalue weighted by molar-refractivity contribution is 7.91. The topological polar surface area (TPSA) is 72.9 Å². The van der Waals surface area contributed by atoms with Crippen LogP contribution in [0.1, 0.15) is 23.2 Å². The lowest BCUT2D eigenvalue weighted by Crippen LogP contribution is -2.47. The number of hydrogen-bond acceptors (Lipinski definition) is 5. The molecule has 2 aliphatic rings. The van der Waals surface area contributed by atoms with E-state index in [2.05, 4.69) is 0 Å².